The second-order valence-electron chi connectivity index (χ2n) is 4.18. The summed E-state index contributed by atoms with van der Waals surface area (Å²) in [4.78, 5) is 6.82. The van der Waals surface area contributed by atoms with Gasteiger partial charge in [-0.25, -0.2) is 4.98 Å². The lowest BCUT2D eigenvalue weighted by molar-refractivity contribution is 0.612. The van der Waals surface area contributed by atoms with Gasteiger partial charge in [0, 0.05) is 18.8 Å². The van der Waals surface area contributed by atoms with Crippen LogP contribution in [0, 0.1) is 0 Å². The molecule has 0 atom stereocenters. The van der Waals surface area contributed by atoms with Crippen LogP contribution >= 0.6 is 27.5 Å². The molecule has 2 rings (SSSR count). The third-order valence-corrected chi connectivity index (χ3v) is 3.96. The number of hydrogen-bond donors (Lipinski definition) is 0. The molecule has 16 heavy (non-hydrogen) atoms. The summed E-state index contributed by atoms with van der Waals surface area (Å²) in [5, 5.41) is 0.679. The van der Waals surface area contributed by atoms with E-state index in [0.717, 1.165) is 16.8 Å². The molecule has 1 aromatic heterocycles. The van der Waals surface area contributed by atoms with E-state index in [-0.39, 0.29) is 0 Å². The van der Waals surface area contributed by atoms with Gasteiger partial charge < -0.3 is 4.90 Å². The number of anilines is 1. The molecule has 0 bridgehead atoms. The molecule has 0 saturated heterocycles. The van der Waals surface area contributed by atoms with Crippen molar-refractivity contribution < 1.29 is 0 Å². The zero-order valence-corrected chi connectivity index (χ0v) is 11.8. The molecule has 1 aliphatic rings. The molecule has 1 aliphatic carbocycles. The van der Waals surface area contributed by atoms with Gasteiger partial charge in [-0.15, -0.1) is 0 Å². The van der Waals surface area contributed by atoms with Gasteiger partial charge in [0.05, 0.1) is 9.50 Å². The number of hydrogen-bond acceptors (Lipinski definition) is 2. The summed E-state index contributed by atoms with van der Waals surface area (Å²) in [5.41, 5.74) is 0. The van der Waals surface area contributed by atoms with Gasteiger partial charge in [0.15, 0.2) is 0 Å². The van der Waals surface area contributed by atoms with Crippen molar-refractivity contribution in [3.8, 4) is 0 Å². The molecule has 1 fully saturated rings. The fraction of sp³-hybridized carbons (Fsp3) is 0.583. The molecule has 0 spiro atoms. The molecule has 1 saturated carbocycles. The van der Waals surface area contributed by atoms with E-state index < -0.39 is 0 Å². The van der Waals surface area contributed by atoms with Gasteiger partial charge in [0.2, 0.25) is 0 Å². The number of halogens is 2. The van der Waals surface area contributed by atoms with Crippen LogP contribution in [0.4, 0.5) is 5.82 Å². The average molecular weight is 304 g/mol. The van der Waals surface area contributed by atoms with Gasteiger partial charge in [-0.2, -0.15) is 0 Å². The highest BCUT2D eigenvalue weighted by Crippen LogP contribution is 2.32. The molecule has 4 heteroatoms. The van der Waals surface area contributed by atoms with E-state index in [0.29, 0.717) is 11.1 Å². The van der Waals surface area contributed by atoms with Crippen LogP contribution in [0.25, 0.3) is 0 Å². The van der Waals surface area contributed by atoms with Gasteiger partial charge in [-0.1, -0.05) is 24.4 Å². The minimum absolute atomic E-state index is 0.648. The van der Waals surface area contributed by atoms with E-state index >= 15 is 0 Å². The molecule has 0 aromatic carbocycles. The Labute approximate surface area is 110 Å². The van der Waals surface area contributed by atoms with Crippen LogP contribution < -0.4 is 4.90 Å². The van der Waals surface area contributed by atoms with Crippen molar-refractivity contribution in [2.45, 2.75) is 38.6 Å². The lowest BCUT2D eigenvalue weighted by atomic mass is 10.2. The minimum atomic E-state index is 0.648. The summed E-state index contributed by atoms with van der Waals surface area (Å²) in [6.07, 6.45) is 6.97. The van der Waals surface area contributed by atoms with Gasteiger partial charge in [0.1, 0.15) is 5.82 Å². The van der Waals surface area contributed by atoms with Crippen molar-refractivity contribution in [2.75, 3.05) is 11.4 Å². The van der Waals surface area contributed by atoms with E-state index in [1.54, 1.807) is 6.20 Å². The lowest BCUT2D eigenvalue weighted by Gasteiger charge is -2.29. The predicted octanol–water partition coefficient (Wildman–Crippen LogP) is 4.27. The Balaban J connectivity index is 2.25. The fourth-order valence-electron chi connectivity index (χ4n) is 2.42. The van der Waals surface area contributed by atoms with Crippen LogP contribution in [0.2, 0.25) is 5.02 Å². The summed E-state index contributed by atoms with van der Waals surface area (Å²) in [6, 6.07) is 2.57. The molecule has 88 valence electrons. The van der Waals surface area contributed by atoms with E-state index in [1.807, 2.05) is 6.07 Å². The summed E-state index contributed by atoms with van der Waals surface area (Å²) >= 11 is 9.46. The van der Waals surface area contributed by atoms with Gasteiger partial charge in [0.25, 0.3) is 0 Å². The highest BCUT2D eigenvalue weighted by Gasteiger charge is 2.23. The SMILES string of the molecule is CCN(c1ncc(Cl)cc1Br)C1CCCC1. The fourth-order valence-corrected chi connectivity index (χ4v) is 3.28. The molecule has 0 aliphatic heterocycles. The number of pyridine rings is 1. The predicted molar refractivity (Wildman–Crippen MR) is 72.2 cm³/mol. The van der Waals surface area contributed by atoms with Crippen molar-refractivity contribution in [1.29, 1.82) is 0 Å². The van der Waals surface area contributed by atoms with Crippen LogP contribution in [0.5, 0.6) is 0 Å². The van der Waals surface area contributed by atoms with E-state index in [1.165, 1.54) is 25.7 Å². The van der Waals surface area contributed by atoms with Crippen molar-refractivity contribution in [1.82, 2.24) is 4.98 Å². The molecule has 0 radical (unpaired) electrons. The summed E-state index contributed by atoms with van der Waals surface area (Å²) in [5.74, 6) is 1.03. The zero-order chi connectivity index (χ0) is 11.5. The van der Waals surface area contributed by atoms with E-state index in [9.17, 15) is 0 Å². The Morgan fingerprint density at radius 2 is 2.19 bits per heavy atom. The van der Waals surface area contributed by atoms with Crippen LogP contribution in [0.15, 0.2) is 16.7 Å². The van der Waals surface area contributed by atoms with Crippen LogP contribution in [-0.2, 0) is 0 Å². The Bertz CT molecular complexity index is 364. The minimum Gasteiger partial charge on any atom is -0.353 e. The highest BCUT2D eigenvalue weighted by molar-refractivity contribution is 9.10. The van der Waals surface area contributed by atoms with Gasteiger partial charge in [-0.3, -0.25) is 0 Å². The van der Waals surface area contributed by atoms with Crippen LogP contribution in [-0.4, -0.2) is 17.6 Å². The van der Waals surface area contributed by atoms with Crippen molar-refractivity contribution >= 4 is 33.3 Å². The topological polar surface area (TPSA) is 16.1 Å². The third kappa shape index (κ3) is 2.51. The second-order valence-corrected chi connectivity index (χ2v) is 5.47. The lowest BCUT2D eigenvalue weighted by Crippen LogP contribution is -2.33. The average Bonchev–Trinajstić information content (AvgIpc) is 2.75. The van der Waals surface area contributed by atoms with E-state index in [4.69, 9.17) is 11.6 Å². The number of aromatic nitrogens is 1. The molecule has 1 heterocycles. The molecule has 1 aromatic rings. The summed E-state index contributed by atoms with van der Waals surface area (Å²) in [7, 11) is 0. The quantitative estimate of drug-likeness (QED) is 0.829. The first-order chi connectivity index (χ1) is 7.72. The zero-order valence-electron chi connectivity index (χ0n) is 9.42. The monoisotopic (exact) mass is 302 g/mol. The van der Waals surface area contributed by atoms with Crippen LogP contribution in [0.3, 0.4) is 0 Å². The second kappa shape index (κ2) is 5.37. The Hall–Kier alpha value is -0.280. The first-order valence-electron chi connectivity index (χ1n) is 5.80. The maximum Gasteiger partial charge on any atom is 0.143 e. The Kier molecular flexibility index (Phi) is 4.09. The molecule has 2 nitrogen and oxygen atoms in total. The standard InChI is InChI=1S/C12H16BrClN2/c1-2-16(10-5-3-4-6-10)12-11(13)7-9(14)8-15-12/h7-8,10H,2-6H2,1H3. The van der Waals surface area contributed by atoms with Crippen LogP contribution in [0.1, 0.15) is 32.6 Å². The van der Waals surface area contributed by atoms with Crippen molar-refractivity contribution in [3.63, 3.8) is 0 Å². The smallest absolute Gasteiger partial charge is 0.143 e. The molecule has 0 N–H and O–H groups in total. The maximum absolute atomic E-state index is 5.91. The molecule has 0 unspecified atom stereocenters. The highest BCUT2D eigenvalue weighted by atomic mass is 79.9. The normalized spacial score (nSPS) is 16.7. The maximum atomic E-state index is 5.91. The van der Waals surface area contributed by atoms with Crippen molar-refractivity contribution in [2.24, 2.45) is 0 Å². The largest absolute Gasteiger partial charge is 0.353 e. The summed E-state index contributed by atoms with van der Waals surface area (Å²) < 4.78 is 0.994. The number of rotatable bonds is 3. The third-order valence-electron chi connectivity index (χ3n) is 3.17. The van der Waals surface area contributed by atoms with Crippen molar-refractivity contribution in [3.05, 3.63) is 21.8 Å². The van der Waals surface area contributed by atoms with Gasteiger partial charge >= 0.3 is 0 Å². The molecular formula is C12H16BrClN2. The molecule has 0 amide bonds. The first-order valence-corrected chi connectivity index (χ1v) is 6.97. The first kappa shape index (κ1) is 12.2. The molecular weight excluding hydrogens is 288 g/mol. The van der Waals surface area contributed by atoms with Gasteiger partial charge in [-0.05, 0) is 41.8 Å². The Morgan fingerprint density at radius 1 is 1.50 bits per heavy atom. The Morgan fingerprint density at radius 3 is 2.75 bits per heavy atom. The summed E-state index contributed by atoms with van der Waals surface area (Å²) in [6.45, 7) is 3.18. The van der Waals surface area contributed by atoms with E-state index in [2.05, 4.69) is 32.7 Å². The number of nitrogens with zero attached hydrogens (tertiary/aromatic N) is 2.